The van der Waals surface area contributed by atoms with Crippen molar-refractivity contribution >= 4 is 27.2 Å². The van der Waals surface area contributed by atoms with Gasteiger partial charge < -0.3 is 9.64 Å². The number of benzene rings is 5. The molecule has 0 aliphatic carbocycles. The summed E-state index contributed by atoms with van der Waals surface area (Å²) in [6.07, 6.45) is 0. The van der Waals surface area contributed by atoms with Crippen molar-refractivity contribution in [3.8, 4) is 16.9 Å². The molecule has 2 nitrogen and oxygen atoms in total. The molecular weight excluding hydrogens is 402 g/mol. The lowest BCUT2D eigenvalue weighted by Gasteiger charge is -2.50. The van der Waals surface area contributed by atoms with Crippen molar-refractivity contribution in [3.05, 3.63) is 108 Å². The summed E-state index contributed by atoms with van der Waals surface area (Å²) in [5.74, 6) is 0.949. The largest absolute Gasteiger partial charge is 0.462 e. The highest BCUT2D eigenvalue weighted by Gasteiger charge is 2.61. The van der Waals surface area contributed by atoms with Crippen LogP contribution in [0.25, 0.3) is 32.7 Å². The average Bonchev–Trinajstić information content (AvgIpc) is 3.02. The predicted octanol–water partition coefficient (Wildman–Crippen LogP) is 7.63. The lowest BCUT2D eigenvalue weighted by Crippen LogP contribution is -2.57. The highest BCUT2D eigenvalue weighted by molar-refractivity contribution is 6.10. The Kier molecular flexibility index (Phi) is 3.51. The number of ether oxygens (including phenoxy) is 1. The van der Waals surface area contributed by atoms with Crippen molar-refractivity contribution in [2.45, 2.75) is 25.0 Å². The van der Waals surface area contributed by atoms with Gasteiger partial charge in [-0.1, -0.05) is 84.9 Å². The Morgan fingerprint density at radius 2 is 1.21 bits per heavy atom. The van der Waals surface area contributed by atoms with Gasteiger partial charge in [0, 0.05) is 29.4 Å². The van der Waals surface area contributed by atoms with Gasteiger partial charge in [0.15, 0.2) is 0 Å². The monoisotopic (exact) mass is 427 g/mol. The van der Waals surface area contributed by atoms with Crippen molar-refractivity contribution < 1.29 is 4.74 Å². The molecule has 0 saturated heterocycles. The van der Waals surface area contributed by atoms with Crippen LogP contribution < -0.4 is 9.64 Å². The Labute approximate surface area is 194 Å². The highest BCUT2D eigenvalue weighted by Crippen LogP contribution is 2.62. The molecule has 1 unspecified atom stereocenters. The van der Waals surface area contributed by atoms with E-state index in [1.165, 1.54) is 49.5 Å². The first-order chi connectivity index (χ1) is 16.0. The molecule has 0 radical (unpaired) electrons. The van der Waals surface area contributed by atoms with Gasteiger partial charge in [0.05, 0.1) is 5.41 Å². The fourth-order valence-corrected chi connectivity index (χ4v) is 6.41. The number of para-hydroxylation sites is 1. The topological polar surface area (TPSA) is 12.5 Å². The zero-order valence-electron chi connectivity index (χ0n) is 19.1. The SMILES string of the molecule is CN1c2ccccc2C(C)(C)C12Oc1ccc3ccccc3c1-c1c2ccc2ccccc12. The summed E-state index contributed by atoms with van der Waals surface area (Å²) in [6, 6.07) is 35.0. The van der Waals surface area contributed by atoms with Crippen molar-refractivity contribution in [2.24, 2.45) is 0 Å². The van der Waals surface area contributed by atoms with Crippen LogP contribution in [0.1, 0.15) is 25.0 Å². The van der Waals surface area contributed by atoms with E-state index in [0.29, 0.717) is 0 Å². The Hall–Kier alpha value is -3.78. The molecule has 5 aromatic carbocycles. The molecule has 2 aliphatic rings. The summed E-state index contributed by atoms with van der Waals surface area (Å²) in [6.45, 7) is 4.64. The summed E-state index contributed by atoms with van der Waals surface area (Å²) >= 11 is 0. The molecule has 0 amide bonds. The maximum absolute atomic E-state index is 7.20. The molecule has 2 heterocycles. The number of likely N-dealkylation sites (N-methyl/N-ethyl adjacent to an activating group) is 1. The fourth-order valence-electron chi connectivity index (χ4n) is 6.41. The van der Waals surface area contributed by atoms with Crippen molar-refractivity contribution in [3.63, 3.8) is 0 Å². The van der Waals surface area contributed by atoms with Gasteiger partial charge in [-0.3, -0.25) is 0 Å². The van der Waals surface area contributed by atoms with Gasteiger partial charge in [0.1, 0.15) is 5.75 Å². The van der Waals surface area contributed by atoms with Gasteiger partial charge in [-0.25, -0.2) is 0 Å². The molecule has 0 fully saturated rings. The minimum Gasteiger partial charge on any atom is -0.462 e. The minimum absolute atomic E-state index is 0.265. The van der Waals surface area contributed by atoms with E-state index in [9.17, 15) is 0 Å². The van der Waals surface area contributed by atoms with Crippen LogP contribution in [0.3, 0.4) is 0 Å². The molecule has 0 bridgehead atoms. The molecular formula is C31H25NO. The van der Waals surface area contributed by atoms with Gasteiger partial charge >= 0.3 is 0 Å². The maximum atomic E-state index is 7.20. The molecule has 7 rings (SSSR count). The lowest BCUT2D eigenvalue weighted by atomic mass is 9.70. The van der Waals surface area contributed by atoms with Gasteiger partial charge in [-0.2, -0.15) is 0 Å². The Bertz CT molecular complexity index is 1600. The second-order valence-corrected chi connectivity index (χ2v) is 9.82. The molecule has 33 heavy (non-hydrogen) atoms. The van der Waals surface area contributed by atoms with E-state index >= 15 is 0 Å². The second kappa shape index (κ2) is 6.17. The van der Waals surface area contributed by atoms with Crippen LogP contribution in [0.5, 0.6) is 5.75 Å². The van der Waals surface area contributed by atoms with Crippen LogP contribution in [0.15, 0.2) is 97.1 Å². The zero-order chi connectivity index (χ0) is 22.4. The lowest BCUT2D eigenvalue weighted by molar-refractivity contribution is 0.00652. The first kappa shape index (κ1) is 18.8. The van der Waals surface area contributed by atoms with E-state index in [1.54, 1.807) is 0 Å². The summed E-state index contributed by atoms with van der Waals surface area (Å²) in [5.41, 5.74) is 5.35. The quantitative estimate of drug-likeness (QED) is 0.252. The molecule has 0 aromatic heterocycles. The Morgan fingerprint density at radius 3 is 1.94 bits per heavy atom. The Morgan fingerprint density at radius 1 is 0.606 bits per heavy atom. The summed E-state index contributed by atoms with van der Waals surface area (Å²) in [7, 11) is 2.18. The maximum Gasteiger partial charge on any atom is 0.219 e. The summed E-state index contributed by atoms with van der Waals surface area (Å²) in [4.78, 5) is 2.36. The van der Waals surface area contributed by atoms with Crippen LogP contribution in [0, 0.1) is 0 Å². The van der Waals surface area contributed by atoms with E-state index in [0.717, 1.165) is 5.75 Å². The standard InChI is InChI=1S/C31H25NO/c1-30(2)24-14-8-9-15-26(24)32(3)31(30)25-18-16-20-10-4-6-12-22(20)28(25)29-23-13-7-5-11-21(23)17-19-27(29)33-31/h4-19H,1-3H3. The highest BCUT2D eigenvalue weighted by atomic mass is 16.5. The van der Waals surface area contributed by atoms with Gasteiger partial charge in [-0.05, 0) is 53.1 Å². The van der Waals surface area contributed by atoms with Gasteiger partial charge in [0.2, 0.25) is 5.72 Å². The van der Waals surface area contributed by atoms with Crippen LogP contribution in [-0.4, -0.2) is 7.05 Å². The van der Waals surface area contributed by atoms with Crippen LogP contribution in [0.4, 0.5) is 5.69 Å². The molecule has 0 saturated carbocycles. The number of hydrogen-bond acceptors (Lipinski definition) is 2. The zero-order valence-corrected chi connectivity index (χ0v) is 19.1. The molecule has 0 N–H and O–H groups in total. The molecule has 1 spiro atoms. The fraction of sp³-hybridized carbons (Fsp3) is 0.161. The third-order valence-electron chi connectivity index (χ3n) is 7.95. The Balaban J connectivity index is 1.67. The van der Waals surface area contributed by atoms with Gasteiger partial charge in [0.25, 0.3) is 0 Å². The number of rotatable bonds is 0. The third-order valence-corrected chi connectivity index (χ3v) is 7.95. The second-order valence-electron chi connectivity index (χ2n) is 9.82. The van der Waals surface area contributed by atoms with E-state index in [-0.39, 0.29) is 5.41 Å². The van der Waals surface area contributed by atoms with E-state index in [4.69, 9.17) is 4.74 Å². The summed E-state index contributed by atoms with van der Waals surface area (Å²) in [5, 5.41) is 4.99. The first-order valence-corrected chi connectivity index (χ1v) is 11.6. The van der Waals surface area contributed by atoms with Crippen molar-refractivity contribution in [2.75, 3.05) is 11.9 Å². The normalized spacial score (nSPS) is 19.9. The summed E-state index contributed by atoms with van der Waals surface area (Å²) < 4.78 is 7.20. The van der Waals surface area contributed by atoms with Crippen LogP contribution in [-0.2, 0) is 11.1 Å². The number of fused-ring (bicyclic) bond motifs is 9. The molecule has 5 aromatic rings. The third kappa shape index (κ3) is 2.14. The minimum atomic E-state index is -0.647. The van der Waals surface area contributed by atoms with Crippen molar-refractivity contribution in [1.82, 2.24) is 0 Å². The van der Waals surface area contributed by atoms with E-state index in [1.807, 2.05) is 0 Å². The molecule has 1 atom stereocenters. The molecule has 2 heteroatoms. The smallest absolute Gasteiger partial charge is 0.219 e. The predicted molar refractivity (Wildman–Crippen MR) is 137 cm³/mol. The average molecular weight is 428 g/mol. The molecule has 2 aliphatic heterocycles. The van der Waals surface area contributed by atoms with E-state index < -0.39 is 5.72 Å². The number of anilines is 1. The number of nitrogens with zero attached hydrogens (tertiary/aromatic N) is 1. The van der Waals surface area contributed by atoms with Gasteiger partial charge in [-0.15, -0.1) is 0 Å². The first-order valence-electron chi connectivity index (χ1n) is 11.6. The van der Waals surface area contributed by atoms with Crippen LogP contribution in [0.2, 0.25) is 0 Å². The number of hydrogen-bond donors (Lipinski definition) is 0. The van der Waals surface area contributed by atoms with Crippen molar-refractivity contribution in [1.29, 1.82) is 0 Å². The van der Waals surface area contributed by atoms with Crippen LogP contribution >= 0.6 is 0 Å². The van der Waals surface area contributed by atoms with E-state index in [2.05, 4.69) is 123 Å². The molecule has 160 valence electrons.